The van der Waals surface area contributed by atoms with Gasteiger partial charge in [-0.2, -0.15) is 0 Å². The fourth-order valence-electron chi connectivity index (χ4n) is 1.91. The number of guanidine groups is 1. The van der Waals surface area contributed by atoms with E-state index in [4.69, 9.17) is 4.74 Å². The number of ether oxygens (including phenoxy) is 1. The molecular formula is C15H31IN4O2. The average Bonchev–Trinajstić information content (AvgIpc) is 3.27. The maximum atomic E-state index is 11.7. The zero-order valence-corrected chi connectivity index (χ0v) is 16.7. The highest BCUT2D eigenvalue weighted by atomic mass is 127. The summed E-state index contributed by atoms with van der Waals surface area (Å²) >= 11 is 0. The molecule has 0 spiro atoms. The molecule has 1 saturated carbocycles. The number of methoxy groups -OCH3 is 1. The summed E-state index contributed by atoms with van der Waals surface area (Å²) in [4.78, 5) is 17.7. The monoisotopic (exact) mass is 426 g/mol. The van der Waals surface area contributed by atoms with Crippen molar-refractivity contribution in [3.05, 3.63) is 0 Å². The van der Waals surface area contributed by atoms with Gasteiger partial charge in [-0.25, -0.2) is 4.99 Å². The number of hydrogen-bond acceptors (Lipinski definition) is 3. The van der Waals surface area contributed by atoms with Crippen LogP contribution in [-0.4, -0.2) is 63.2 Å². The van der Waals surface area contributed by atoms with Gasteiger partial charge in [-0.1, -0.05) is 6.92 Å². The molecule has 2 atom stereocenters. The Morgan fingerprint density at radius 1 is 1.36 bits per heavy atom. The molecule has 22 heavy (non-hydrogen) atoms. The third-order valence-electron chi connectivity index (χ3n) is 3.73. The van der Waals surface area contributed by atoms with Gasteiger partial charge in [-0.05, 0) is 32.1 Å². The Morgan fingerprint density at radius 2 is 2.00 bits per heavy atom. The first-order valence-electron chi connectivity index (χ1n) is 7.74. The molecular weight excluding hydrogens is 395 g/mol. The number of carbonyl (C=O) groups excluding carboxylic acids is 1. The van der Waals surface area contributed by atoms with E-state index in [1.165, 1.54) is 12.8 Å². The van der Waals surface area contributed by atoms with Crippen molar-refractivity contribution >= 4 is 35.8 Å². The zero-order chi connectivity index (χ0) is 15.8. The van der Waals surface area contributed by atoms with Crippen molar-refractivity contribution in [2.24, 2.45) is 10.9 Å². The van der Waals surface area contributed by atoms with E-state index < -0.39 is 0 Å². The summed E-state index contributed by atoms with van der Waals surface area (Å²) in [7, 11) is 5.20. The van der Waals surface area contributed by atoms with E-state index in [0.29, 0.717) is 24.5 Å². The van der Waals surface area contributed by atoms with Crippen LogP contribution in [0.5, 0.6) is 0 Å². The fraction of sp³-hybridized carbons (Fsp3) is 0.867. The second-order valence-corrected chi connectivity index (χ2v) is 5.95. The van der Waals surface area contributed by atoms with Gasteiger partial charge < -0.3 is 20.3 Å². The lowest BCUT2D eigenvalue weighted by Gasteiger charge is -2.23. The number of likely N-dealkylation sites (N-methyl/N-ethyl adjacent to an activating group) is 1. The largest absolute Gasteiger partial charge is 0.383 e. The Morgan fingerprint density at radius 3 is 2.45 bits per heavy atom. The normalized spacial score (nSPS) is 17.2. The molecule has 0 aromatic carbocycles. The number of carbonyl (C=O) groups is 1. The SMILES string of the molecule is CCC(C)NC(=NCC(=O)N(C)C)NC(COC)C1CC1.I. The minimum atomic E-state index is -0.00466. The van der Waals surface area contributed by atoms with Crippen LogP contribution in [0.25, 0.3) is 0 Å². The lowest BCUT2D eigenvalue weighted by atomic mass is 10.2. The number of aliphatic imine (C=N–C) groups is 1. The van der Waals surface area contributed by atoms with Crippen molar-refractivity contribution in [3.8, 4) is 0 Å². The maximum absolute atomic E-state index is 11.7. The van der Waals surface area contributed by atoms with Crippen molar-refractivity contribution in [1.82, 2.24) is 15.5 Å². The van der Waals surface area contributed by atoms with Crippen LogP contribution in [0.2, 0.25) is 0 Å². The molecule has 0 saturated heterocycles. The molecule has 1 rings (SSSR count). The van der Waals surface area contributed by atoms with Crippen molar-refractivity contribution < 1.29 is 9.53 Å². The first kappa shape index (κ1) is 21.4. The van der Waals surface area contributed by atoms with E-state index in [0.717, 1.165) is 6.42 Å². The van der Waals surface area contributed by atoms with Gasteiger partial charge in [-0.15, -0.1) is 24.0 Å². The lowest BCUT2D eigenvalue weighted by molar-refractivity contribution is -0.127. The molecule has 0 aliphatic heterocycles. The highest BCUT2D eigenvalue weighted by molar-refractivity contribution is 14.0. The number of rotatable bonds is 8. The lowest BCUT2D eigenvalue weighted by Crippen LogP contribution is -2.49. The fourth-order valence-corrected chi connectivity index (χ4v) is 1.91. The Kier molecular flexibility index (Phi) is 10.8. The summed E-state index contributed by atoms with van der Waals surface area (Å²) < 4.78 is 5.28. The zero-order valence-electron chi connectivity index (χ0n) is 14.4. The van der Waals surface area contributed by atoms with Crippen LogP contribution in [0, 0.1) is 5.92 Å². The van der Waals surface area contributed by atoms with E-state index in [1.54, 1.807) is 26.1 Å². The van der Waals surface area contributed by atoms with Gasteiger partial charge >= 0.3 is 0 Å². The summed E-state index contributed by atoms with van der Waals surface area (Å²) in [5.74, 6) is 1.35. The van der Waals surface area contributed by atoms with Gasteiger partial charge in [0, 0.05) is 27.2 Å². The molecule has 0 heterocycles. The molecule has 1 fully saturated rings. The molecule has 130 valence electrons. The third kappa shape index (κ3) is 8.17. The highest BCUT2D eigenvalue weighted by Gasteiger charge is 2.31. The number of amides is 1. The van der Waals surface area contributed by atoms with E-state index in [-0.39, 0.29) is 42.5 Å². The number of nitrogens with one attached hydrogen (secondary N) is 2. The van der Waals surface area contributed by atoms with Gasteiger partial charge in [-0.3, -0.25) is 4.79 Å². The molecule has 1 amide bonds. The van der Waals surface area contributed by atoms with E-state index in [1.807, 2.05) is 0 Å². The topological polar surface area (TPSA) is 66.0 Å². The first-order valence-corrected chi connectivity index (χ1v) is 7.74. The van der Waals surface area contributed by atoms with Gasteiger partial charge in [0.15, 0.2) is 5.96 Å². The van der Waals surface area contributed by atoms with Crippen LogP contribution in [0.3, 0.4) is 0 Å². The molecule has 1 aliphatic carbocycles. The smallest absolute Gasteiger partial charge is 0.243 e. The van der Waals surface area contributed by atoms with Crippen LogP contribution < -0.4 is 10.6 Å². The van der Waals surface area contributed by atoms with Gasteiger partial charge in [0.2, 0.25) is 5.91 Å². The molecule has 0 bridgehead atoms. The molecule has 1 aliphatic rings. The van der Waals surface area contributed by atoms with Crippen molar-refractivity contribution in [2.75, 3.05) is 34.4 Å². The molecule has 7 heteroatoms. The van der Waals surface area contributed by atoms with Crippen molar-refractivity contribution in [2.45, 2.75) is 45.2 Å². The van der Waals surface area contributed by atoms with Gasteiger partial charge in [0.1, 0.15) is 6.54 Å². The Labute approximate surface area is 151 Å². The van der Waals surface area contributed by atoms with Crippen molar-refractivity contribution in [1.29, 1.82) is 0 Å². The van der Waals surface area contributed by atoms with Crippen LogP contribution in [-0.2, 0) is 9.53 Å². The summed E-state index contributed by atoms with van der Waals surface area (Å²) in [6, 6.07) is 0.577. The Bertz CT molecular complexity index is 359. The summed E-state index contributed by atoms with van der Waals surface area (Å²) in [6.45, 7) is 5.04. The van der Waals surface area contributed by atoms with Crippen LogP contribution in [0.15, 0.2) is 4.99 Å². The van der Waals surface area contributed by atoms with Crippen molar-refractivity contribution in [3.63, 3.8) is 0 Å². The van der Waals surface area contributed by atoms with Crippen LogP contribution in [0.4, 0.5) is 0 Å². The standard InChI is InChI=1S/C15H30N4O2.HI/c1-6-11(2)17-15(16-9-14(20)19(3)4)18-13(10-21-5)12-7-8-12;/h11-13H,6-10H2,1-5H3,(H2,16,17,18);1H. The second kappa shape index (κ2) is 11.0. The quantitative estimate of drug-likeness (QED) is 0.351. The molecule has 0 aromatic rings. The van der Waals surface area contributed by atoms with Gasteiger partial charge in [0.25, 0.3) is 0 Å². The van der Waals surface area contributed by atoms with Crippen LogP contribution in [0.1, 0.15) is 33.1 Å². The summed E-state index contributed by atoms with van der Waals surface area (Å²) in [5, 5.41) is 6.76. The van der Waals surface area contributed by atoms with Crippen LogP contribution >= 0.6 is 24.0 Å². The molecule has 2 unspecified atom stereocenters. The minimum absolute atomic E-state index is 0. The minimum Gasteiger partial charge on any atom is -0.383 e. The molecule has 0 aromatic heterocycles. The first-order chi connectivity index (χ1) is 9.97. The van der Waals surface area contributed by atoms with E-state index >= 15 is 0 Å². The highest BCUT2D eigenvalue weighted by Crippen LogP contribution is 2.32. The molecule has 0 radical (unpaired) electrons. The number of nitrogens with zero attached hydrogens (tertiary/aromatic N) is 2. The second-order valence-electron chi connectivity index (χ2n) is 5.95. The van der Waals surface area contributed by atoms with Gasteiger partial charge in [0.05, 0.1) is 12.6 Å². The predicted molar refractivity (Wildman–Crippen MR) is 101 cm³/mol. The van der Waals surface area contributed by atoms with E-state index in [2.05, 4.69) is 29.5 Å². The Balaban J connectivity index is 0.00000441. The number of hydrogen-bond donors (Lipinski definition) is 2. The predicted octanol–water partition coefficient (Wildman–Crippen LogP) is 1.45. The maximum Gasteiger partial charge on any atom is 0.243 e. The van der Waals surface area contributed by atoms with E-state index in [9.17, 15) is 4.79 Å². The molecule has 2 N–H and O–H groups in total. The summed E-state index contributed by atoms with van der Waals surface area (Å²) in [6.07, 6.45) is 3.46. The Hall–Kier alpha value is -0.570. The third-order valence-corrected chi connectivity index (χ3v) is 3.73. The summed E-state index contributed by atoms with van der Waals surface area (Å²) in [5.41, 5.74) is 0. The number of halogens is 1. The average molecular weight is 426 g/mol. The molecule has 6 nitrogen and oxygen atoms in total.